The zero-order chi connectivity index (χ0) is 24.1. The highest BCUT2D eigenvalue weighted by Gasteiger charge is 2.27. The molecule has 1 fully saturated rings. The molecular formula is C25H31N5O4. The third kappa shape index (κ3) is 5.26. The lowest BCUT2D eigenvalue weighted by Gasteiger charge is -2.42. The van der Waals surface area contributed by atoms with Crippen molar-refractivity contribution in [1.29, 1.82) is 0 Å². The fraction of sp³-hybridized carbons (Fsp3) is 0.360. The lowest BCUT2D eigenvalue weighted by molar-refractivity contribution is 0.102. The second-order valence-electron chi connectivity index (χ2n) is 8.36. The third-order valence-corrected chi connectivity index (χ3v) is 5.86. The molecule has 1 aliphatic heterocycles. The molecule has 9 nitrogen and oxygen atoms in total. The van der Waals surface area contributed by atoms with Gasteiger partial charge in [0.25, 0.3) is 5.91 Å². The van der Waals surface area contributed by atoms with Crippen LogP contribution in [0.25, 0.3) is 0 Å². The Hall–Kier alpha value is -3.72. The summed E-state index contributed by atoms with van der Waals surface area (Å²) in [6.07, 6.45) is 0. The van der Waals surface area contributed by atoms with E-state index in [1.807, 2.05) is 36.4 Å². The zero-order valence-corrected chi connectivity index (χ0v) is 19.9. The highest BCUT2D eigenvalue weighted by molar-refractivity contribution is 6.07. The minimum Gasteiger partial charge on any atom is -0.497 e. The van der Waals surface area contributed by atoms with Crippen LogP contribution in [0.1, 0.15) is 29.8 Å². The van der Waals surface area contributed by atoms with Gasteiger partial charge < -0.3 is 29.7 Å². The van der Waals surface area contributed by atoms with E-state index in [0.29, 0.717) is 28.8 Å². The molecule has 1 aromatic heterocycles. The van der Waals surface area contributed by atoms with Crippen LogP contribution < -0.4 is 29.7 Å². The van der Waals surface area contributed by atoms with E-state index in [1.165, 1.54) is 0 Å². The van der Waals surface area contributed by atoms with Crippen LogP contribution in [0, 0.1) is 0 Å². The van der Waals surface area contributed by atoms with E-state index in [-0.39, 0.29) is 24.6 Å². The molecule has 180 valence electrons. The van der Waals surface area contributed by atoms with Gasteiger partial charge in [-0.05, 0) is 43.7 Å². The number of hydrogen-bond donors (Lipinski definition) is 3. The summed E-state index contributed by atoms with van der Waals surface area (Å²) >= 11 is 0. The average molecular weight is 466 g/mol. The number of para-hydroxylation sites is 1. The number of nitrogens with zero attached hydrogens (tertiary/aromatic N) is 2. The Kier molecular flexibility index (Phi) is 7.22. The molecule has 0 spiro atoms. The predicted molar refractivity (Wildman–Crippen MR) is 131 cm³/mol. The SMILES string of the molecule is COc1cc(COc2cc(NC(=O)c3ccccc3N3[C@H](C)CNC[C@@H]3C)[nH]n2)cc(OC)c1. The number of benzene rings is 2. The van der Waals surface area contributed by atoms with Crippen LogP contribution in [0.2, 0.25) is 0 Å². The van der Waals surface area contributed by atoms with Gasteiger partial charge in [-0.2, -0.15) is 0 Å². The number of amides is 1. The number of rotatable bonds is 8. The molecule has 1 saturated heterocycles. The number of methoxy groups -OCH3 is 2. The fourth-order valence-electron chi connectivity index (χ4n) is 4.24. The molecule has 0 radical (unpaired) electrons. The molecule has 0 unspecified atom stereocenters. The lowest BCUT2D eigenvalue weighted by Crippen LogP contribution is -2.55. The number of aromatic nitrogens is 2. The summed E-state index contributed by atoms with van der Waals surface area (Å²) < 4.78 is 16.4. The molecule has 3 N–H and O–H groups in total. The maximum absolute atomic E-state index is 13.2. The molecule has 0 saturated carbocycles. The van der Waals surface area contributed by atoms with Gasteiger partial charge in [0.1, 0.15) is 23.9 Å². The van der Waals surface area contributed by atoms with Crippen LogP contribution in [0.15, 0.2) is 48.5 Å². The molecule has 0 bridgehead atoms. The zero-order valence-electron chi connectivity index (χ0n) is 19.9. The van der Waals surface area contributed by atoms with E-state index < -0.39 is 0 Å². The number of anilines is 2. The number of aromatic amines is 1. The van der Waals surface area contributed by atoms with E-state index in [9.17, 15) is 4.79 Å². The first-order valence-corrected chi connectivity index (χ1v) is 11.3. The number of H-pyrrole nitrogens is 1. The minimum absolute atomic E-state index is 0.207. The van der Waals surface area contributed by atoms with Crippen molar-refractivity contribution in [3.63, 3.8) is 0 Å². The molecule has 1 aliphatic rings. The molecule has 2 aromatic carbocycles. The van der Waals surface area contributed by atoms with E-state index >= 15 is 0 Å². The van der Waals surface area contributed by atoms with Gasteiger partial charge >= 0.3 is 0 Å². The van der Waals surface area contributed by atoms with Gasteiger partial charge in [-0.15, -0.1) is 5.10 Å². The Labute approximate surface area is 199 Å². The van der Waals surface area contributed by atoms with Crippen molar-refractivity contribution in [3.8, 4) is 17.4 Å². The molecule has 1 amide bonds. The topological polar surface area (TPSA) is 101 Å². The maximum Gasteiger partial charge on any atom is 0.258 e. The highest BCUT2D eigenvalue weighted by atomic mass is 16.5. The number of nitrogens with one attached hydrogen (secondary N) is 3. The minimum atomic E-state index is -0.207. The molecule has 4 rings (SSSR count). The standard InChI is InChI=1S/C25H31N5O4/c1-16-13-26-14-17(2)30(16)22-8-6-5-7-21(22)25(31)27-23-12-24(29-28-23)34-15-18-9-19(32-3)11-20(10-18)33-4/h5-12,16-17,26H,13-15H2,1-4H3,(H2,27,28,29,31)/t16-,17+. The maximum atomic E-state index is 13.2. The van der Waals surface area contributed by atoms with Gasteiger partial charge in [0.05, 0.1) is 25.5 Å². The predicted octanol–water partition coefficient (Wildman–Crippen LogP) is 3.44. The second-order valence-corrected chi connectivity index (χ2v) is 8.36. The van der Waals surface area contributed by atoms with Crippen LogP contribution in [0.4, 0.5) is 11.5 Å². The van der Waals surface area contributed by atoms with Gasteiger partial charge in [0.2, 0.25) is 5.88 Å². The second kappa shape index (κ2) is 10.5. The van der Waals surface area contributed by atoms with Crippen molar-refractivity contribution in [1.82, 2.24) is 15.5 Å². The average Bonchev–Trinajstić information content (AvgIpc) is 3.29. The lowest BCUT2D eigenvalue weighted by atomic mass is 10.0. The highest BCUT2D eigenvalue weighted by Crippen LogP contribution is 2.28. The third-order valence-electron chi connectivity index (χ3n) is 5.86. The number of carbonyl (C=O) groups excluding carboxylic acids is 1. The van der Waals surface area contributed by atoms with Gasteiger partial charge in [0.15, 0.2) is 0 Å². The van der Waals surface area contributed by atoms with Gasteiger partial charge in [-0.25, -0.2) is 0 Å². The first-order valence-electron chi connectivity index (χ1n) is 11.3. The van der Waals surface area contributed by atoms with Crippen molar-refractivity contribution >= 4 is 17.4 Å². The van der Waals surface area contributed by atoms with Crippen LogP contribution >= 0.6 is 0 Å². The summed E-state index contributed by atoms with van der Waals surface area (Å²) in [6.45, 7) is 6.34. The van der Waals surface area contributed by atoms with Crippen LogP contribution in [-0.4, -0.2) is 55.5 Å². The van der Waals surface area contributed by atoms with Gasteiger partial charge in [-0.3, -0.25) is 9.89 Å². The molecule has 2 heterocycles. The summed E-state index contributed by atoms with van der Waals surface area (Å²) in [4.78, 5) is 15.5. The number of piperazine rings is 1. The van der Waals surface area contributed by atoms with Crippen LogP contribution in [0.5, 0.6) is 17.4 Å². The first kappa shape index (κ1) is 23.4. The molecular weight excluding hydrogens is 434 g/mol. The van der Waals surface area contributed by atoms with E-state index in [1.54, 1.807) is 26.4 Å². The Morgan fingerprint density at radius 3 is 2.41 bits per heavy atom. The van der Waals surface area contributed by atoms with Crippen molar-refractivity contribution in [2.75, 3.05) is 37.5 Å². The van der Waals surface area contributed by atoms with E-state index in [2.05, 4.69) is 39.6 Å². The summed E-state index contributed by atoms with van der Waals surface area (Å²) in [5.74, 6) is 1.98. The van der Waals surface area contributed by atoms with Crippen molar-refractivity contribution in [2.45, 2.75) is 32.5 Å². The van der Waals surface area contributed by atoms with Crippen LogP contribution in [0.3, 0.4) is 0 Å². The summed E-state index contributed by atoms with van der Waals surface area (Å²) in [5.41, 5.74) is 2.41. The summed E-state index contributed by atoms with van der Waals surface area (Å²) in [5, 5.41) is 13.3. The number of carbonyl (C=O) groups is 1. The Morgan fingerprint density at radius 1 is 1.06 bits per heavy atom. The van der Waals surface area contributed by atoms with Crippen molar-refractivity contribution in [3.05, 3.63) is 59.7 Å². The van der Waals surface area contributed by atoms with E-state index in [0.717, 1.165) is 24.3 Å². The Bertz CT molecular complexity index is 1100. The smallest absolute Gasteiger partial charge is 0.258 e. The van der Waals surface area contributed by atoms with E-state index in [4.69, 9.17) is 14.2 Å². The molecule has 0 aliphatic carbocycles. The van der Waals surface area contributed by atoms with Gasteiger partial charge in [-0.1, -0.05) is 12.1 Å². The normalized spacial score (nSPS) is 17.8. The summed E-state index contributed by atoms with van der Waals surface area (Å²) in [6, 6.07) is 15.4. The number of ether oxygens (including phenoxy) is 3. The molecule has 34 heavy (non-hydrogen) atoms. The monoisotopic (exact) mass is 465 g/mol. The summed E-state index contributed by atoms with van der Waals surface area (Å²) in [7, 11) is 3.20. The Morgan fingerprint density at radius 2 is 1.74 bits per heavy atom. The van der Waals surface area contributed by atoms with Crippen molar-refractivity contribution < 1.29 is 19.0 Å². The van der Waals surface area contributed by atoms with Crippen molar-refractivity contribution in [2.24, 2.45) is 0 Å². The largest absolute Gasteiger partial charge is 0.497 e. The fourth-order valence-corrected chi connectivity index (χ4v) is 4.24. The molecule has 9 heteroatoms. The quantitative estimate of drug-likeness (QED) is 0.468. The Balaban J connectivity index is 1.44. The van der Waals surface area contributed by atoms with Crippen LogP contribution in [-0.2, 0) is 6.61 Å². The first-order chi connectivity index (χ1) is 16.5. The number of hydrogen-bond acceptors (Lipinski definition) is 7. The molecule has 3 aromatic rings. The molecule has 2 atom stereocenters. The van der Waals surface area contributed by atoms with Gasteiger partial charge in [0, 0.05) is 37.3 Å².